The molecule has 2 aromatic heterocycles. The SMILES string of the molecule is CC(=O)OC(=O)c1cc2c([nH]c3ccccc32)c(-c2ccc3c(c2)OCO3)n1. The Hall–Kier alpha value is -3.87. The number of nitrogens with zero attached hydrogens (tertiary/aromatic N) is 1. The fourth-order valence-electron chi connectivity index (χ4n) is 3.39. The van der Waals surface area contributed by atoms with Crippen LogP contribution >= 0.6 is 0 Å². The maximum absolute atomic E-state index is 12.4. The fourth-order valence-corrected chi connectivity index (χ4v) is 3.39. The Bertz CT molecular complexity index is 1270. The molecule has 0 radical (unpaired) electrons. The van der Waals surface area contributed by atoms with Crippen LogP contribution in [-0.2, 0) is 9.53 Å². The number of fused-ring (bicyclic) bond motifs is 4. The van der Waals surface area contributed by atoms with Crippen LogP contribution in [0.2, 0.25) is 0 Å². The number of carbonyl (C=O) groups excluding carboxylic acids is 2. The monoisotopic (exact) mass is 374 g/mol. The molecular weight excluding hydrogens is 360 g/mol. The molecule has 0 atom stereocenters. The first-order valence-electron chi connectivity index (χ1n) is 8.64. The topological polar surface area (TPSA) is 90.5 Å². The standard InChI is InChI=1S/C21H14N2O5/c1-11(24)28-21(25)16-9-14-13-4-2-3-5-15(13)22-20(14)19(23-16)12-6-7-17-18(8-12)27-10-26-17/h2-9,22H,10H2,1H3. The minimum atomic E-state index is -0.790. The second-order valence-corrected chi connectivity index (χ2v) is 6.40. The van der Waals surface area contributed by atoms with Crippen molar-refractivity contribution in [3.63, 3.8) is 0 Å². The zero-order chi connectivity index (χ0) is 19.3. The lowest BCUT2D eigenvalue weighted by molar-refractivity contribution is -0.135. The number of H-pyrrole nitrogens is 1. The lowest BCUT2D eigenvalue weighted by atomic mass is 10.1. The number of aromatic nitrogens is 2. The van der Waals surface area contributed by atoms with E-state index in [9.17, 15) is 9.59 Å². The number of carbonyl (C=O) groups is 2. The number of aromatic amines is 1. The van der Waals surface area contributed by atoms with Crippen LogP contribution in [0.4, 0.5) is 0 Å². The van der Waals surface area contributed by atoms with Gasteiger partial charge in [0.25, 0.3) is 0 Å². The molecule has 2 aromatic carbocycles. The van der Waals surface area contributed by atoms with Gasteiger partial charge in [-0.2, -0.15) is 0 Å². The molecule has 138 valence electrons. The highest BCUT2D eigenvalue weighted by molar-refractivity contribution is 6.13. The van der Waals surface area contributed by atoms with Gasteiger partial charge < -0.3 is 19.2 Å². The van der Waals surface area contributed by atoms with Crippen LogP contribution in [0.3, 0.4) is 0 Å². The summed E-state index contributed by atoms with van der Waals surface area (Å²) >= 11 is 0. The number of hydrogen-bond donors (Lipinski definition) is 1. The van der Waals surface area contributed by atoms with Crippen molar-refractivity contribution in [1.82, 2.24) is 9.97 Å². The molecule has 0 spiro atoms. The fraction of sp³-hybridized carbons (Fsp3) is 0.0952. The normalized spacial score (nSPS) is 12.5. The summed E-state index contributed by atoms with van der Waals surface area (Å²) in [7, 11) is 0. The highest BCUT2D eigenvalue weighted by Crippen LogP contribution is 2.38. The highest BCUT2D eigenvalue weighted by atomic mass is 16.7. The Morgan fingerprint density at radius 2 is 1.86 bits per heavy atom. The molecule has 1 N–H and O–H groups in total. The number of rotatable bonds is 2. The quantitative estimate of drug-likeness (QED) is 0.424. The molecule has 7 heteroatoms. The minimum Gasteiger partial charge on any atom is -0.454 e. The Labute approximate surface area is 158 Å². The van der Waals surface area contributed by atoms with Gasteiger partial charge in [0.2, 0.25) is 6.79 Å². The van der Waals surface area contributed by atoms with Gasteiger partial charge in [0.1, 0.15) is 5.69 Å². The van der Waals surface area contributed by atoms with Crippen molar-refractivity contribution in [2.24, 2.45) is 0 Å². The number of para-hydroxylation sites is 1. The number of pyridine rings is 1. The molecule has 0 saturated heterocycles. The Morgan fingerprint density at radius 1 is 1.04 bits per heavy atom. The van der Waals surface area contributed by atoms with Crippen molar-refractivity contribution < 1.29 is 23.8 Å². The molecule has 3 heterocycles. The van der Waals surface area contributed by atoms with Gasteiger partial charge in [-0.25, -0.2) is 9.78 Å². The number of nitrogens with one attached hydrogen (secondary N) is 1. The van der Waals surface area contributed by atoms with Gasteiger partial charge in [-0.1, -0.05) is 18.2 Å². The number of benzene rings is 2. The van der Waals surface area contributed by atoms with E-state index in [0.717, 1.165) is 27.4 Å². The van der Waals surface area contributed by atoms with Crippen LogP contribution in [0, 0.1) is 0 Å². The van der Waals surface area contributed by atoms with Crippen molar-refractivity contribution in [2.75, 3.05) is 6.79 Å². The smallest absolute Gasteiger partial charge is 0.364 e. The third kappa shape index (κ3) is 2.56. The number of esters is 2. The second-order valence-electron chi connectivity index (χ2n) is 6.40. The Kier molecular flexibility index (Phi) is 3.55. The molecule has 0 unspecified atom stereocenters. The molecule has 0 amide bonds. The van der Waals surface area contributed by atoms with E-state index in [-0.39, 0.29) is 12.5 Å². The lowest BCUT2D eigenvalue weighted by Crippen LogP contribution is -2.11. The zero-order valence-corrected chi connectivity index (χ0v) is 14.8. The van der Waals surface area contributed by atoms with E-state index < -0.39 is 11.9 Å². The van der Waals surface area contributed by atoms with Crippen molar-refractivity contribution >= 4 is 33.7 Å². The third-order valence-corrected chi connectivity index (χ3v) is 4.59. The van der Waals surface area contributed by atoms with Crippen LogP contribution in [-0.4, -0.2) is 28.7 Å². The van der Waals surface area contributed by atoms with Crippen molar-refractivity contribution in [1.29, 1.82) is 0 Å². The molecule has 0 aliphatic carbocycles. The maximum atomic E-state index is 12.4. The Morgan fingerprint density at radius 3 is 2.71 bits per heavy atom. The van der Waals surface area contributed by atoms with Crippen molar-refractivity contribution in [3.8, 4) is 22.8 Å². The molecule has 1 aliphatic rings. The Balaban J connectivity index is 1.78. The van der Waals surface area contributed by atoms with Crippen LogP contribution in [0.1, 0.15) is 17.4 Å². The third-order valence-electron chi connectivity index (χ3n) is 4.59. The zero-order valence-electron chi connectivity index (χ0n) is 14.8. The summed E-state index contributed by atoms with van der Waals surface area (Å²) in [6.45, 7) is 1.35. The van der Waals surface area contributed by atoms with E-state index >= 15 is 0 Å². The van der Waals surface area contributed by atoms with E-state index in [0.29, 0.717) is 17.2 Å². The van der Waals surface area contributed by atoms with Gasteiger partial charge in [-0.05, 0) is 30.3 Å². The lowest BCUT2D eigenvalue weighted by Gasteiger charge is -2.07. The molecule has 5 rings (SSSR count). The summed E-state index contributed by atoms with van der Waals surface area (Å²) in [5.41, 5.74) is 3.05. The van der Waals surface area contributed by atoms with Crippen molar-refractivity contribution in [2.45, 2.75) is 6.92 Å². The van der Waals surface area contributed by atoms with Gasteiger partial charge in [-0.3, -0.25) is 4.79 Å². The first-order valence-corrected chi connectivity index (χ1v) is 8.64. The summed E-state index contributed by atoms with van der Waals surface area (Å²) in [6, 6.07) is 14.9. The molecular formula is C21H14N2O5. The largest absolute Gasteiger partial charge is 0.454 e. The molecule has 7 nitrogen and oxygen atoms in total. The molecule has 28 heavy (non-hydrogen) atoms. The van der Waals surface area contributed by atoms with Crippen LogP contribution < -0.4 is 9.47 Å². The first kappa shape index (κ1) is 16.3. The van der Waals surface area contributed by atoms with E-state index in [1.807, 2.05) is 36.4 Å². The van der Waals surface area contributed by atoms with Crippen LogP contribution in [0.5, 0.6) is 11.5 Å². The molecule has 1 aliphatic heterocycles. The van der Waals surface area contributed by atoms with E-state index in [2.05, 4.69) is 9.97 Å². The molecule has 0 bridgehead atoms. The summed E-state index contributed by atoms with van der Waals surface area (Å²) < 4.78 is 15.6. The number of hydrogen-bond acceptors (Lipinski definition) is 6. The van der Waals surface area contributed by atoms with E-state index in [4.69, 9.17) is 14.2 Å². The summed E-state index contributed by atoms with van der Waals surface area (Å²) in [6.07, 6.45) is 0. The minimum absolute atomic E-state index is 0.0557. The van der Waals surface area contributed by atoms with Crippen molar-refractivity contribution in [3.05, 3.63) is 54.2 Å². The van der Waals surface area contributed by atoms with Gasteiger partial charge >= 0.3 is 11.9 Å². The second kappa shape index (κ2) is 6.09. The highest BCUT2D eigenvalue weighted by Gasteiger charge is 2.21. The summed E-state index contributed by atoms with van der Waals surface area (Å²) in [5, 5.41) is 1.76. The first-order chi connectivity index (χ1) is 13.6. The predicted molar refractivity (Wildman–Crippen MR) is 101 cm³/mol. The summed E-state index contributed by atoms with van der Waals surface area (Å²) in [5.74, 6) is -0.207. The van der Waals surface area contributed by atoms with Gasteiger partial charge in [0, 0.05) is 28.8 Å². The van der Waals surface area contributed by atoms with Crippen LogP contribution in [0.25, 0.3) is 33.1 Å². The van der Waals surface area contributed by atoms with Gasteiger partial charge in [-0.15, -0.1) is 0 Å². The van der Waals surface area contributed by atoms with E-state index in [1.54, 1.807) is 12.1 Å². The summed E-state index contributed by atoms with van der Waals surface area (Å²) in [4.78, 5) is 31.5. The van der Waals surface area contributed by atoms with Gasteiger partial charge in [0.05, 0.1) is 11.2 Å². The molecule has 4 aromatic rings. The van der Waals surface area contributed by atoms with Gasteiger partial charge in [0.15, 0.2) is 11.5 Å². The number of ether oxygens (including phenoxy) is 3. The predicted octanol–water partition coefficient (Wildman–Crippen LogP) is 3.82. The van der Waals surface area contributed by atoms with E-state index in [1.165, 1.54) is 6.92 Å². The maximum Gasteiger partial charge on any atom is 0.364 e. The van der Waals surface area contributed by atoms with Crippen LogP contribution in [0.15, 0.2) is 48.5 Å². The molecule has 0 saturated carbocycles. The molecule has 0 fully saturated rings. The average molecular weight is 374 g/mol. The average Bonchev–Trinajstić information content (AvgIpc) is 3.30.